The molecular formula is C29H32F3NO3. The lowest BCUT2D eigenvalue weighted by Gasteiger charge is -2.52. The van der Waals surface area contributed by atoms with Crippen LogP contribution in [0.5, 0.6) is 0 Å². The van der Waals surface area contributed by atoms with E-state index in [2.05, 4.69) is 18.0 Å². The second kappa shape index (κ2) is 9.02. The zero-order chi connectivity index (χ0) is 25.8. The molecule has 2 heterocycles. The van der Waals surface area contributed by atoms with Crippen molar-refractivity contribution in [3.05, 3.63) is 59.9 Å². The topological polar surface area (TPSA) is 59.4 Å². The van der Waals surface area contributed by atoms with Crippen molar-refractivity contribution in [1.82, 2.24) is 4.98 Å². The molecule has 0 amide bonds. The highest BCUT2D eigenvalue weighted by atomic mass is 19.4. The predicted molar refractivity (Wildman–Crippen MR) is 130 cm³/mol. The molecule has 36 heavy (non-hydrogen) atoms. The van der Waals surface area contributed by atoms with E-state index < -0.39 is 17.3 Å². The minimum atomic E-state index is -4.39. The van der Waals surface area contributed by atoms with Gasteiger partial charge in [-0.05, 0) is 86.6 Å². The summed E-state index contributed by atoms with van der Waals surface area (Å²) in [6.07, 6.45) is 3.30. The van der Waals surface area contributed by atoms with Crippen molar-refractivity contribution < 1.29 is 27.8 Å². The van der Waals surface area contributed by atoms with E-state index in [1.165, 1.54) is 6.07 Å². The number of alkyl halides is 3. The van der Waals surface area contributed by atoms with Gasteiger partial charge < -0.3 is 9.84 Å². The van der Waals surface area contributed by atoms with E-state index >= 15 is 0 Å². The first-order chi connectivity index (χ1) is 16.9. The van der Waals surface area contributed by atoms with Crippen LogP contribution in [0.3, 0.4) is 0 Å². The van der Waals surface area contributed by atoms with Crippen LogP contribution >= 0.6 is 0 Å². The number of aromatic nitrogens is 1. The van der Waals surface area contributed by atoms with Crippen LogP contribution in [-0.4, -0.2) is 27.8 Å². The molecule has 3 fully saturated rings. The molecule has 1 aromatic heterocycles. The molecule has 0 radical (unpaired) electrons. The van der Waals surface area contributed by atoms with E-state index in [-0.39, 0.29) is 35.7 Å². The molecule has 3 unspecified atom stereocenters. The fourth-order valence-corrected chi connectivity index (χ4v) is 7.28. The summed E-state index contributed by atoms with van der Waals surface area (Å²) in [6, 6.07) is 8.81. The van der Waals surface area contributed by atoms with Crippen LogP contribution in [0, 0.1) is 35.5 Å². The summed E-state index contributed by atoms with van der Waals surface area (Å²) in [6.45, 7) is 6.05. The number of pyridine rings is 1. The third-order valence-corrected chi connectivity index (χ3v) is 8.52. The van der Waals surface area contributed by atoms with Crippen LogP contribution in [-0.2, 0) is 15.7 Å². The first kappa shape index (κ1) is 25.0. The Kier molecular flexibility index (Phi) is 6.26. The quantitative estimate of drug-likeness (QED) is 0.497. The van der Waals surface area contributed by atoms with Gasteiger partial charge in [0.15, 0.2) is 0 Å². The third kappa shape index (κ3) is 4.70. The van der Waals surface area contributed by atoms with Crippen LogP contribution in [0.4, 0.5) is 13.2 Å². The molecule has 1 aliphatic heterocycles. The van der Waals surface area contributed by atoms with Crippen molar-refractivity contribution in [3.63, 3.8) is 0 Å². The third-order valence-electron chi connectivity index (χ3n) is 8.52. The Bertz CT molecular complexity index is 1160. The number of aliphatic hydroxyl groups is 1. The van der Waals surface area contributed by atoms with E-state index in [9.17, 15) is 23.1 Å². The number of cyclic esters (lactones) is 1. The van der Waals surface area contributed by atoms with Gasteiger partial charge >= 0.3 is 12.1 Å². The summed E-state index contributed by atoms with van der Waals surface area (Å²) in [5.74, 6) is 0.793. The molecule has 0 spiro atoms. The average molecular weight is 500 g/mol. The van der Waals surface area contributed by atoms with Gasteiger partial charge in [0.25, 0.3) is 0 Å². The SMILES string of the molecule is CC1C[C@@](C)(O)C[C@H]2C[C@H]3C(=O)O[C@H](C)[C@H]3C(/C=C/c3ccc(-c4cccc(C(F)(F)F)c4)cn3)C12. The maximum Gasteiger partial charge on any atom is 0.416 e. The molecule has 2 saturated carbocycles. The van der Waals surface area contributed by atoms with Gasteiger partial charge in [0.2, 0.25) is 0 Å². The van der Waals surface area contributed by atoms with E-state index in [0.29, 0.717) is 35.1 Å². The van der Waals surface area contributed by atoms with Gasteiger partial charge in [0.05, 0.1) is 22.8 Å². The number of carbonyl (C=O) groups excluding carboxylic acids is 1. The van der Waals surface area contributed by atoms with Gasteiger partial charge in [0.1, 0.15) is 6.10 Å². The zero-order valence-corrected chi connectivity index (χ0v) is 20.7. The van der Waals surface area contributed by atoms with Gasteiger partial charge in [-0.1, -0.05) is 31.2 Å². The summed E-state index contributed by atoms with van der Waals surface area (Å²) in [4.78, 5) is 17.1. The number of hydrogen-bond acceptors (Lipinski definition) is 4. The van der Waals surface area contributed by atoms with Crippen molar-refractivity contribution in [2.24, 2.45) is 35.5 Å². The lowest BCUT2D eigenvalue weighted by molar-refractivity contribution is -0.145. The highest BCUT2D eigenvalue weighted by Crippen LogP contribution is 2.56. The highest BCUT2D eigenvalue weighted by Gasteiger charge is 2.57. The molecule has 0 bridgehead atoms. The Labute approximate surface area is 209 Å². The van der Waals surface area contributed by atoms with Crippen LogP contribution in [0.1, 0.15) is 51.3 Å². The Morgan fingerprint density at radius 3 is 2.58 bits per heavy atom. The molecule has 3 aliphatic rings. The molecule has 1 saturated heterocycles. The lowest BCUT2D eigenvalue weighted by atomic mass is 9.52. The predicted octanol–water partition coefficient (Wildman–Crippen LogP) is 6.39. The number of halogens is 3. The summed E-state index contributed by atoms with van der Waals surface area (Å²) in [7, 11) is 0. The second-order valence-electron chi connectivity index (χ2n) is 11.3. The van der Waals surface area contributed by atoms with E-state index in [1.54, 1.807) is 24.4 Å². The number of carbonyl (C=O) groups is 1. The summed E-state index contributed by atoms with van der Waals surface area (Å²) in [5, 5.41) is 10.8. The molecule has 1 aromatic carbocycles. The van der Waals surface area contributed by atoms with E-state index in [0.717, 1.165) is 25.0 Å². The molecule has 4 nitrogen and oxygen atoms in total. The number of esters is 1. The number of benzene rings is 1. The Hall–Kier alpha value is -2.67. The van der Waals surface area contributed by atoms with Crippen LogP contribution < -0.4 is 0 Å². The monoisotopic (exact) mass is 499 g/mol. The summed E-state index contributed by atoms with van der Waals surface area (Å²) in [5.41, 5.74) is 0.370. The van der Waals surface area contributed by atoms with Crippen molar-refractivity contribution in [2.75, 3.05) is 0 Å². The molecule has 7 heteroatoms. The minimum Gasteiger partial charge on any atom is -0.462 e. The maximum atomic E-state index is 13.1. The molecule has 8 atom stereocenters. The zero-order valence-electron chi connectivity index (χ0n) is 20.7. The summed E-state index contributed by atoms with van der Waals surface area (Å²) < 4.78 is 44.9. The second-order valence-corrected chi connectivity index (χ2v) is 11.3. The standard InChI is InChI=1S/C29H32F3NO3/c1-16-13-28(3,35)14-20-12-24-26(17(2)36-27(24)34)23(25(16)20)10-9-22-8-7-19(15-33-22)18-5-4-6-21(11-18)29(30,31)32/h4-11,15-17,20,23-26,35H,12-14H2,1-3H3/b10-9+/t16?,17-,20-,23?,24-,25?,26+,28-/m1/s1. The van der Waals surface area contributed by atoms with Gasteiger partial charge in [-0.3, -0.25) is 9.78 Å². The number of fused-ring (bicyclic) bond motifs is 2. The van der Waals surface area contributed by atoms with E-state index in [1.807, 2.05) is 19.9 Å². The lowest BCUT2D eigenvalue weighted by Crippen LogP contribution is -2.51. The van der Waals surface area contributed by atoms with Gasteiger partial charge in [0, 0.05) is 17.7 Å². The molecule has 5 rings (SSSR count). The number of allylic oxidation sites excluding steroid dienone is 1. The first-order valence-corrected chi connectivity index (χ1v) is 12.7. The highest BCUT2D eigenvalue weighted by molar-refractivity contribution is 5.75. The molecular weight excluding hydrogens is 467 g/mol. The van der Waals surface area contributed by atoms with Gasteiger partial charge in [-0.15, -0.1) is 0 Å². The minimum absolute atomic E-state index is 0.0879. The smallest absolute Gasteiger partial charge is 0.416 e. The largest absolute Gasteiger partial charge is 0.462 e. The fraction of sp³-hybridized carbons (Fsp3) is 0.517. The van der Waals surface area contributed by atoms with E-state index in [4.69, 9.17) is 4.74 Å². The normalized spacial score (nSPS) is 36.4. The molecule has 2 aliphatic carbocycles. The van der Waals surface area contributed by atoms with Gasteiger partial charge in [-0.2, -0.15) is 13.2 Å². The summed E-state index contributed by atoms with van der Waals surface area (Å²) >= 11 is 0. The maximum absolute atomic E-state index is 13.1. The van der Waals surface area contributed by atoms with Gasteiger partial charge in [-0.25, -0.2) is 0 Å². The number of ether oxygens (including phenoxy) is 1. The van der Waals surface area contributed by atoms with Crippen molar-refractivity contribution in [3.8, 4) is 11.1 Å². The number of hydrogen-bond donors (Lipinski definition) is 1. The fourth-order valence-electron chi connectivity index (χ4n) is 7.28. The Balaban J connectivity index is 1.41. The van der Waals surface area contributed by atoms with Crippen molar-refractivity contribution >= 4 is 12.0 Å². The van der Waals surface area contributed by atoms with Crippen molar-refractivity contribution in [2.45, 2.75) is 57.9 Å². The number of rotatable bonds is 3. The Morgan fingerprint density at radius 1 is 1.11 bits per heavy atom. The molecule has 192 valence electrons. The van der Waals surface area contributed by atoms with Crippen LogP contribution in [0.15, 0.2) is 48.7 Å². The number of nitrogens with zero attached hydrogens (tertiary/aromatic N) is 1. The molecule has 2 aromatic rings. The average Bonchev–Trinajstić information content (AvgIpc) is 3.09. The van der Waals surface area contributed by atoms with Crippen LogP contribution in [0.25, 0.3) is 17.2 Å². The van der Waals surface area contributed by atoms with Crippen molar-refractivity contribution in [1.29, 1.82) is 0 Å². The van der Waals surface area contributed by atoms with Crippen LogP contribution in [0.2, 0.25) is 0 Å². The molecule has 1 N–H and O–H groups in total. The first-order valence-electron chi connectivity index (χ1n) is 12.7. The Morgan fingerprint density at radius 2 is 1.89 bits per heavy atom.